The molecule has 1 aliphatic heterocycles. The molecule has 2 aromatic heterocycles. The number of hydrogen-bond donors (Lipinski definition) is 0. The molecular weight excluding hydrogens is 262 g/mol. The number of rotatable bonds is 3. The third-order valence-corrected chi connectivity index (χ3v) is 4.02. The summed E-state index contributed by atoms with van der Waals surface area (Å²) in [5, 5.41) is 9.16. The van der Waals surface area contributed by atoms with E-state index < -0.39 is 0 Å². The summed E-state index contributed by atoms with van der Waals surface area (Å²) in [5.74, 6) is 1.64. The van der Waals surface area contributed by atoms with Crippen LogP contribution in [-0.2, 0) is 0 Å². The van der Waals surface area contributed by atoms with E-state index >= 15 is 0 Å². The molecule has 0 N–H and O–H groups in total. The van der Waals surface area contributed by atoms with Gasteiger partial charge in [-0.05, 0) is 25.0 Å². The van der Waals surface area contributed by atoms with Crippen LogP contribution in [0.15, 0.2) is 24.5 Å². The maximum absolute atomic E-state index is 5.84. The Labute approximate surface area is 116 Å². The van der Waals surface area contributed by atoms with Gasteiger partial charge in [-0.1, -0.05) is 16.8 Å². The van der Waals surface area contributed by atoms with Crippen LogP contribution in [0.5, 0.6) is 0 Å². The molecule has 0 bridgehead atoms. The van der Waals surface area contributed by atoms with E-state index in [1.807, 2.05) is 16.8 Å². The van der Waals surface area contributed by atoms with Crippen molar-refractivity contribution in [2.24, 2.45) is 0 Å². The summed E-state index contributed by atoms with van der Waals surface area (Å²) in [6.45, 7) is 1.87. The zero-order valence-electron chi connectivity index (χ0n) is 10.4. The average molecular weight is 276 g/mol. The number of aromatic nitrogens is 4. The maximum Gasteiger partial charge on any atom is 0.128 e. The Morgan fingerprint density at radius 1 is 1.21 bits per heavy atom. The molecule has 2 aromatic rings. The Bertz CT molecular complexity index is 583. The molecule has 0 aromatic carbocycles. The first-order valence-electron chi connectivity index (χ1n) is 6.58. The third kappa shape index (κ3) is 2.08. The highest BCUT2D eigenvalue weighted by atomic mass is 35.5. The maximum atomic E-state index is 5.84. The summed E-state index contributed by atoms with van der Waals surface area (Å²) in [4.78, 5) is 6.54. The minimum Gasteiger partial charge on any atom is -0.352 e. The Morgan fingerprint density at radius 3 is 2.74 bits per heavy atom. The molecule has 19 heavy (non-hydrogen) atoms. The molecule has 5 nitrogen and oxygen atoms in total. The Morgan fingerprint density at radius 2 is 2.05 bits per heavy atom. The highest BCUT2D eigenvalue weighted by Gasteiger charge is 2.32. The van der Waals surface area contributed by atoms with Crippen LogP contribution in [0.3, 0.4) is 0 Å². The molecule has 0 atom stereocenters. The summed E-state index contributed by atoms with van der Waals surface area (Å²) in [6.07, 6.45) is 6.33. The Balaban J connectivity index is 1.42. The molecule has 1 saturated heterocycles. The van der Waals surface area contributed by atoms with E-state index in [2.05, 4.69) is 26.4 Å². The summed E-state index contributed by atoms with van der Waals surface area (Å²) >= 11 is 5.84. The molecule has 0 amide bonds. The van der Waals surface area contributed by atoms with Gasteiger partial charge in [0.15, 0.2) is 0 Å². The number of pyridine rings is 1. The van der Waals surface area contributed by atoms with E-state index in [1.165, 1.54) is 12.8 Å². The lowest BCUT2D eigenvalue weighted by Gasteiger charge is -2.39. The Hall–Kier alpha value is -1.62. The van der Waals surface area contributed by atoms with E-state index in [9.17, 15) is 0 Å². The fourth-order valence-corrected chi connectivity index (χ4v) is 2.51. The second kappa shape index (κ2) is 4.20. The fourth-order valence-electron chi connectivity index (χ4n) is 2.40. The van der Waals surface area contributed by atoms with E-state index in [0.717, 1.165) is 24.6 Å². The molecule has 0 radical (unpaired) electrons. The van der Waals surface area contributed by atoms with Crippen molar-refractivity contribution in [3.8, 4) is 0 Å². The van der Waals surface area contributed by atoms with E-state index in [0.29, 0.717) is 17.0 Å². The smallest absolute Gasteiger partial charge is 0.128 e. The van der Waals surface area contributed by atoms with E-state index in [1.54, 1.807) is 6.20 Å². The normalized spacial score (nSPS) is 19.5. The highest BCUT2D eigenvalue weighted by Crippen LogP contribution is 2.39. The van der Waals surface area contributed by atoms with Gasteiger partial charge in [0.1, 0.15) is 5.82 Å². The van der Waals surface area contributed by atoms with Crippen LogP contribution in [0.4, 0.5) is 5.82 Å². The lowest BCUT2D eigenvalue weighted by Crippen LogP contribution is -2.48. The van der Waals surface area contributed by atoms with Crippen molar-refractivity contribution < 1.29 is 0 Å². The van der Waals surface area contributed by atoms with Gasteiger partial charge in [-0.25, -0.2) is 9.67 Å². The van der Waals surface area contributed by atoms with E-state index in [-0.39, 0.29) is 0 Å². The Kier molecular flexibility index (Phi) is 2.48. The number of halogens is 1. The molecule has 0 unspecified atom stereocenters. The first kappa shape index (κ1) is 11.2. The zero-order valence-corrected chi connectivity index (χ0v) is 11.2. The molecule has 2 fully saturated rings. The van der Waals surface area contributed by atoms with Gasteiger partial charge in [0.25, 0.3) is 0 Å². The molecular formula is C13H14ClN5. The summed E-state index contributed by atoms with van der Waals surface area (Å²) < 4.78 is 2.00. The summed E-state index contributed by atoms with van der Waals surface area (Å²) in [5.41, 5.74) is 1.16. The van der Waals surface area contributed by atoms with Gasteiger partial charge < -0.3 is 4.90 Å². The second-order valence-electron chi connectivity index (χ2n) is 5.29. The highest BCUT2D eigenvalue weighted by molar-refractivity contribution is 6.30. The quantitative estimate of drug-likeness (QED) is 0.862. The van der Waals surface area contributed by atoms with Crippen molar-refractivity contribution in [3.05, 3.63) is 35.2 Å². The van der Waals surface area contributed by atoms with Gasteiger partial charge >= 0.3 is 0 Å². The summed E-state index contributed by atoms with van der Waals surface area (Å²) in [7, 11) is 0. The van der Waals surface area contributed by atoms with Crippen molar-refractivity contribution in [3.63, 3.8) is 0 Å². The van der Waals surface area contributed by atoms with Gasteiger partial charge in [0.05, 0.1) is 16.8 Å². The van der Waals surface area contributed by atoms with Crippen LogP contribution in [0, 0.1) is 0 Å². The molecule has 1 aliphatic carbocycles. The van der Waals surface area contributed by atoms with Crippen LogP contribution in [0.2, 0.25) is 5.02 Å². The fraction of sp³-hybridized carbons (Fsp3) is 0.462. The average Bonchev–Trinajstić information content (AvgIpc) is 3.10. The lowest BCUT2D eigenvalue weighted by atomic mass is 10.1. The van der Waals surface area contributed by atoms with Gasteiger partial charge in [-0.15, -0.1) is 5.10 Å². The molecule has 0 spiro atoms. The number of nitrogens with zero attached hydrogens (tertiary/aromatic N) is 5. The van der Waals surface area contributed by atoms with Crippen molar-refractivity contribution in [1.29, 1.82) is 0 Å². The first-order chi connectivity index (χ1) is 9.29. The van der Waals surface area contributed by atoms with Crippen LogP contribution in [0.25, 0.3) is 0 Å². The molecule has 4 rings (SSSR count). The van der Waals surface area contributed by atoms with Gasteiger partial charge in [-0.3, -0.25) is 0 Å². The molecule has 1 saturated carbocycles. The standard InChI is InChI=1S/C13H14ClN5/c14-10-3-4-13(15-5-10)18-6-11(7-18)19-8-12(16-17-19)9-1-2-9/h3-5,8-9,11H,1-2,6-7H2. The predicted octanol–water partition coefficient (Wildman–Crippen LogP) is 2.27. The second-order valence-corrected chi connectivity index (χ2v) is 5.73. The largest absolute Gasteiger partial charge is 0.352 e. The predicted molar refractivity (Wildman–Crippen MR) is 72.5 cm³/mol. The van der Waals surface area contributed by atoms with Crippen LogP contribution in [0.1, 0.15) is 30.5 Å². The van der Waals surface area contributed by atoms with Crippen molar-refractivity contribution in [1.82, 2.24) is 20.0 Å². The molecule has 98 valence electrons. The lowest BCUT2D eigenvalue weighted by molar-refractivity contribution is 0.359. The minimum absolute atomic E-state index is 0.414. The van der Waals surface area contributed by atoms with Gasteiger partial charge in [0.2, 0.25) is 0 Å². The monoisotopic (exact) mass is 275 g/mol. The first-order valence-corrected chi connectivity index (χ1v) is 6.95. The van der Waals surface area contributed by atoms with Crippen LogP contribution >= 0.6 is 11.6 Å². The van der Waals surface area contributed by atoms with Crippen molar-refractivity contribution >= 4 is 17.4 Å². The molecule has 2 aliphatic rings. The number of hydrogen-bond acceptors (Lipinski definition) is 4. The van der Waals surface area contributed by atoms with Crippen LogP contribution in [-0.4, -0.2) is 33.1 Å². The van der Waals surface area contributed by atoms with Crippen LogP contribution < -0.4 is 4.90 Å². The number of anilines is 1. The van der Waals surface area contributed by atoms with Gasteiger partial charge in [0, 0.05) is 31.4 Å². The molecule has 3 heterocycles. The van der Waals surface area contributed by atoms with E-state index in [4.69, 9.17) is 11.6 Å². The van der Waals surface area contributed by atoms with Crippen molar-refractivity contribution in [2.45, 2.75) is 24.8 Å². The minimum atomic E-state index is 0.414. The zero-order chi connectivity index (χ0) is 12.8. The van der Waals surface area contributed by atoms with Gasteiger partial charge in [-0.2, -0.15) is 0 Å². The third-order valence-electron chi connectivity index (χ3n) is 3.80. The van der Waals surface area contributed by atoms with Crippen molar-refractivity contribution in [2.75, 3.05) is 18.0 Å². The molecule has 6 heteroatoms. The SMILES string of the molecule is Clc1ccc(N2CC(n3cc(C4CC4)nn3)C2)nc1. The topological polar surface area (TPSA) is 46.8 Å². The summed E-state index contributed by atoms with van der Waals surface area (Å²) in [6, 6.07) is 4.24.